The second kappa shape index (κ2) is 4.80. The minimum atomic E-state index is -0.477. The number of carbonyl (C=O) groups is 1. The van der Waals surface area contributed by atoms with Crippen LogP contribution in [-0.4, -0.2) is 24.9 Å². The average molecular weight is 244 g/mol. The van der Waals surface area contributed by atoms with E-state index in [1.807, 2.05) is 0 Å². The number of aromatic nitrogens is 1. The molecule has 0 fully saturated rings. The van der Waals surface area contributed by atoms with Gasteiger partial charge in [0.05, 0.1) is 32.2 Å². The summed E-state index contributed by atoms with van der Waals surface area (Å²) >= 11 is 0. The molecular weight excluding hydrogens is 232 g/mol. The number of carbonyl (C=O) groups excluding carboxylic acids is 1. The second-order valence-electron chi connectivity index (χ2n) is 3.71. The lowest BCUT2D eigenvalue weighted by Crippen LogP contribution is -2.09. The van der Waals surface area contributed by atoms with Crippen molar-refractivity contribution >= 4 is 17.0 Å². The van der Waals surface area contributed by atoms with Gasteiger partial charge in [-0.1, -0.05) is 0 Å². The predicted molar refractivity (Wildman–Crippen MR) is 65.6 cm³/mol. The molecule has 5 nitrogen and oxygen atoms in total. The Morgan fingerprint density at radius 2 is 2.22 bits per heavy atom. The molecule has 0 radical (unpaired) electrons. The van der Waals surface area contributed by atoms with Gasteiger partial charge >= 0.3 is 6.09 Å². The van der Waals surface area contributed by atoms with Crippen LogP contribution in [0.1, 0.15) is 5.56 Å². The van der Waals surface area contributed by atoms with Crippen LogP contribution in [0.25, 0.3) is 10.9 Å². The monoisotopic (exact) mass is 244 g/mol. The topological polar surface area (TPSA) is 64.2 Å². The van der Waals surface area contributed by atoms with Crippen molar-refractivity contribution < 1.29 is 14.3 Å². The number of fused-ring (bicyclic) bond motifs is 1. The van der Waals surface area contributed by atoms with Crippen molar-refractivity contribution in [2.75, 3.05) is 14.2 Å². The third kappa shape index (κ3) is 1.89. The maximum absolute atomic E-state index is 11.6. The molecule has 0 saturated carbocycles. The van der Waals surface area contributed by atoms with Gasteiger partial charge in [-0.25, -0.2) is 4.79 Å². The molecule has 0 amide bonds. The van der Waals surface area contributed by atoms with Crippen LogP contribution in [0.15, 0.2) is 24.4 Å². The third-order valence-corrected chi connectivity index (χ3v) is 2.73. The van der Waals surface area contributed by atoms with Crippen LogP contribution < -0.4 is 4.74 Å². The Hall–Kier alpha value is -2.48. The molecule has 2 aromatic rings. The van der Waals surface area contributed by atoms with Gasteiger partial charge in [0.2, 0.25) is 0 Å². The fourth-order valence-electron chi connectivity index (χ4n) is 1.88. The first-order valence-electron chi connectivity index (χ1n) is 5.34. The van der Waals surface area contributed by atoms with E-state index in [0.29, 0.717) is 11.3 Å². The first kappa shape index (κ1) is 12.0. The van der Waals surface area contributed by atoms with Crippen LogP contribution in [0.4, 0.5) is 4.79 Å². The van der Waals surface area contributed by atoms with E-state index >= 15 is 0 Å². The van der Waals surface area contributed by atoms with E-state index in [-0.39, 0.29) is 6.42 Å². The Morgan fingerprint density at radius 1 is 1.44 bits per heavy atom. The highest BCUT2D eigenvalue weighted by Crippen LogP contribution is 2.26. The summed E-state index contributed by atoms with van der Waals surface area (Å²) in [4.78, 5) is 11.6. The summed E-state index contributed by atoms with van der Waals surface area (Å²) in [5.74, 6) is 0.685. The van der Waals surface area contributed by atoms with E-state index < -0.39 is 6.09 Å². The summed E-state index contributed by atoms with van der Waals surface area (Å²) < 4.78 is 11.2. The number of rotatable bonds is 2. The lowest BCUT2D eigenvalue weighted by atomic mass is 10.1. The third-order valence-electron chi connectivity index (χ3n) is 2.73. The first-order valence-corrected chi connectivity index (χ1v) is 5.34. The van der Waals surface area contributed by atoms with E-state index in [9.17, 15) is 4.79 Å². The fraction of sp³-hybridized carbons (Fsp3) is 0.231. The quantitative estimate of drug-likeness (QED) is 0.813. The zero-order chi connectivity index (χ0) is 13.1. The minimum absolute atomic E-state index is 0.230. The molecule has 5 heteroatoms. The summed E-state index contributed by atoms with van der Waals surface area (Å²) in [5, 5.41) is 9.62. The lowest BCUT2D eigenvalue weighted by molar-refractivity contribution is 0.174. The molecule has 92 valence electrons. The van der Waals surface area contributed by atoms with Crippen LogP contribution >= 0.6 is 0 Å². The maximum atomic E-state index is 11.6. The van der Waals surface area contributed by atoms with Crippen molar-refractivity contribution in [1.82, 2.24) is 4.57 Å². The fourth-order valence-corrected chi connectivity index (χ4v) is 1.88. The zero-order valence-electron chi connectivity index (χ0n) is 10.1. The molecule has 1 aromatic heterocycles. The smallest absolute Gasteiger partial charge is 0.418 e. The van der Waals surface area contributed by atoms with E-state index in [0.717, 1.165) is 10.9 Å². The van der Waals surface area contributed by atoms with Gasteiger partial charge < -0.3 is 9.47 Å². The average Bonchev–Trinajstić information content (AvgIpc) is 2.76. The molecule has 1 aromatic carbocycles. The minimum Gasteiger partial charge on any atom is -0.497 e. The summed E-state index contributed by atoms with van der Waals surface area (Å²) in [7, 11) is 2.89. The van der Waals surface area contributed by atoms with Gasteiger partial charge in [0.15, 0.2) is 0 Å². The van der Waals surface area contributed by atoms with Crippen LogP contribution in [0.2, 0.25) is 0 Å². The number of ether oxygens (including phenoxy) is 2. The molecule has 2 rings (SSSR count). The summed E-state index contributed by atoms with van der Waals surface area (Å²) in [6.07, 6.45) is 1.38. The number of nitriles is 1. The highest BCUT2D eigenvalue weighted by atomic mass is 16.5. The molecule has 0 unspecified atom stereocenters. The van der Waals surface area contributed by atoms with Gasteiger partial charge in [0.25, 0.3) is 0 Å². The second-order valence-corrected chi connectivity index (χ2v) is 3.71. The number of hydrogen-bond donors (Lipinski definition) is 0. The van der Waals surface area contributed by atoms with Gasteiger partial charge in [-0.2, -0.15) is 5.26 Å². The molecule has 0 aliphatic rings. The van der Waals surface area contributed by atoms with E-state index in [2.05, 4.69) is 6.07 Å². The van der Waals surface area contributed by atoms with Crippen molar-refractivity contribution in [2.24, 2.45) is 0 Å². The van der Waals surface area contributed by atoms with Crippen LogP contribution in [-0.2, 0) is 11.2 Å². The molecule has 0 bridgehead atoms. The highest BCUT2D eigenvalue weighted by molar-refractivity contribution is 5.92. The largest absolute Gasteiger partial charge is 0.497 e. The Kier molecular flexibility index (Phi) is 3.20. The molecule has 0 aliphatic heterocycles. The van der Waals surface area contributed by atoms with Crippen molar-refractivity contribution in [3.63, 3.8) is 0 Å². The molecular formula is C13H12N2O3. The Labute approximate surface area is 104 Å². The molecule has 0 spiro atoms. The number of methoxy groups -OCH3 is 2. The molecule has 0 atom stereocenters. The molecule has 0 saturated heterocycles. The SMILES string of the molecule is COC(=O)n1cc(CC#N)c2cc(OC)ccc21. The van der Waals surface area contributed by atoms with Gasteiger partial charge in [-0.3, -0.25) is 4.57 Å². The van der Waals surface area contributed by atoms with Gasteiger partial charge in [-0.15, -0.1) is 0 Å². The van der Waals surface area contributed by atoms with E-state index in [1.54, 1.807) is 31.5 Å². The normalized spacial score (nSPS) is 10.1. The van der Waals surface area contributed by atoms with Crippen molar-refractivity contribution in [2.45, 2.75) is 6.42 Å². The zero-order valence-corrected chi connectivity index (χ0v) is 10.1. The van der Waals surface area contributed by atoms with Gasteiger partial charge in [-0.05, 0) is 23.8 Å². The Morgan fingerprint density at radius 3 is 2.83 bits per heavy atom. The molecule has 1 heterocycles. The van der Waals surface area contributed by atoms with Crippen LogP contribution in [0.3, 0.4) is 0 Å². The first-order chi connectivity index (χ1) is 8.71. The summed E-state index contributed by atoms with van der Waals surface area (Å²) in [5.41, 5.74) is 1.48. The summed E-state index contributed by atoms with van der Waals surface area (Å²) in [6, 6.07) is 7.42. The predicted octanol–water partition coefficient (Wildman–Crippen LogP) is 2.33. The standard InChI is InChI=1S/C13H12N2O3/c1-17-10-3-4-12-11(7-10)9(5-6-14)8-15(12)13(16)18-2/h3-4,7-8H,5H2,1-2H3. The van der Waals surface area contributed by atoms with Crippen molar-refractivity contribution in [1.29, 1.82) is 5.26 Å². The van der Waals surface area contributed by atoms with Crippen molar-refractivity contribution in [3.8, 4) is 11.8 Å². The number of benzene rings is 1. The maximum Gasteiger partial charge on any atom is 0.418 e. The lowest BCUT2D eigenvalue weighted by Gasteiger charge is -2.03. The number of hydrogen-bond acceptors (Lipinski definition) is 4. The molecule has 0 N–H and O–H groups in total. The van der Waals surface area contributed by atoms with Crippen LogP contribution in [0.5, 0.6) is 5.75 Å². The highest BCUT2D eigenvalue weighted by Gasteiger charge is 2.14. The van der Waals surface area contributed by atoms with Gasteiger partial charge in [0, 0.05) is 11.6 Å². The number of nitrogens with zero attached hydrogens (tertiary/aromatic N) is 2. The van der Waals surface area contributed by atoms with Gasteiger partial charge in [0.1, 0.15) is 5.75 Å². The Balaban J connectivity index is 2.68. The van der Waals surface area contributed by atoms with E-state index in [4.69, 9.17) is 14.7 Å². The Bertz CT molecular complexity index is 637. The van der Waals surface area contributed by atoms with Crippen LogP contribution in [0, 0.1) is 11.3 Å². The molecule has 0 aliphatic carbocycles. The summed E-state index contributed by atoms with van der Waals surface area (Å²) in [6.45, 7) is 0. The van der Waals surface area contributed by atoms with Crippen molar-refractivity contribution in [3.05, 3.63) is 30.0 Å². The molecule has 18 heavy (non-hydrogen) atoms. The van der Waals surface area contributed by atoms with E-state index in [1.165, 1.54) is 11.7 Å².